The summed E-state index contributed by atoms with van der Waals surface area (Å²) in [5, 5.41) is 2.86. The van der Waals surface area contributed by atoms with Gasteiger partial charge in [-0.3, -0.25) is 9.69 Å². The zero-order valence-corrected chi connectivity index (χ0v) is 18.6. The second kappa shape index (κ2) is 10.0. The van der Waals surface area contributed by atoms with Gasteiger partial charge in [0.1, 0.15) is 11.6 Å². The number of nitrogens with one attached hydrogen (secondary N) is 1. The molecule has 1 saturated heterocycles. The van der Waals surface area contributed by atoms with Crippen LogP contribution in [0.3, 0.4) is 0 Å². The molecule has 0 aliphatic carbocycles. The number of rotatable bonds is 6. The molecular formula is C26H29FN4O. The standard InChI is InChI=1S/C26H29FN4O/c1-18-6-3-4-7-21(18)16-31-13-5-8-22(17-31)25-28-15-24(19(2)30-25)26(32)29-14-20-9-11-23(27)12-10-20/h3-4,6-7,9-12,15,22H,5,8,13-14,16-17H2,1-2H3,(H,29,32)/t22-/m1/s1. The van der Waals surface area contributed by atoms with E-state index < -0.39 is 0 Å². The van der Waals surface area contributed by atoms with Crippen molar-refractivity contribution in [3.05, 3.63) is 94.3 Å². The van der Waals surface area contributed by atoms with Gasteiger partial charge in [0, 0.05) is 31.7 Å². The van der Waals surface area contributed by atoms with Crippen molar-refractivity contribution in [2.45, 2.75) is 45.7 Å². The number of carbonyl (C=O) groups is 1. The van der Waals surface area contributed by atoms with Gasteiger partial charge in [0.15, 0.2) is 0 Å². The molecule has 3 aromatic rings. The molecule has 0 radical (unpaired) electrons. The molecule has 6 heteroatoms. The molecule has 0 unspecified atom stereocenters. The molecule has 1 fully saturated rings. The number of hydrogen-bond acceptors (Lipinski definition) is 4. The highest BCUT2D eigenvalue weighted by atomic mass is 19.1. The summed E-state index contributed by atoms with van der Waals surface area (Å²) < 4.78 is 13.0. The lowest BCUT2D eigenvalue weighted by Gasteiger charge is -2.32. The quantitative estimate of drug-likeness (QED) is 0.621. The summed E-state index contributed by atoms with van der Waals surface area (Å²) in [5.41, 5.74) is 4.67. The molecule has 32 heavy (non-hydrogen) atoms. The Hall–Kier alpha value is -3.12. The molecule has 0 bridgehead atoms. The highest BCUT2D eigenvalue weighted by Gasteiger charge is 2.25. The molecule has 5 nitrogen and oxygen atoms in total. The van der Waals surface area contributed by atoms with E-state index >= 15 is 0 Å². The van der Waals surface area contributed by atoms with Gasteiger partial charge in [-0.15, -0.1) is 0 Å². The molecule has 1 aliphatic rings. The van der Waals surface area contributed by atoms with Crippen LogP contribution in [0.4, 0.5) is 4.39 Å². The number of amides is 1. The van der Waals surface area contributed by atoms with Crippen molar-refractivity contribution in [3.63, 3.8) is 0 Å². The molecule has 4 rings (SSSR count). The third-order valence-corrected chi connectivity index (χ3v) is 6.13. The molecule has 0 saturated carbocycles. The molecule has 2 heterocycles. The predicted molar refractivity (Wildman–Crippen MR) is 123 cm³/mol. The first-order valence-corrected chi connectivity index (χ1v) is 11.1. The van der Waals surface area contributed by atoms with E-state index in [0.717, 1.165) is 43.9 Å². The average molecular weight is 433 g/mol. The Balaban J connectivity index is 1.39. The van der Waals surface area contributed by atoms with Crippen molar-refractivity contribution in [1.29, 1.82) is 0 Å². The second-order valence-electron chi connectivity index (χ2n) is 8.54. The fraction of sp³-hybridized carbons (Fsp3) is 0.346. The summed E-state index contributed by atoms with van der Waals surface area (Å²) in [4.78, 5) is 24.3. The smallest absolute Gasteiger partial charge is 0.254 e. The summed E-state index contributed by atoms with van der Waals surface area (Å²) in [7, 11) is 0. The monoisotopic (exact) mass is 432 g/mol. The third-order valence-electron chi connectivity index (χ3n) is 6.13. The van der Waals surface area contributed by atoms with Crippen molar-refractivity contribution in [3.8, 4) is 0 Å². The minimum absolute atomic E-state index is 0.219. The van der Waals surface area contributed by atoms with Crippen molar-refractivity contribution >= 4 is 5.91 Å². The summed E-state index contributed by atoms with van der Waals surface area (Å²) in [6.07, 6.45) is 3.80. The fourth-order valence-electron chi connectivity index (χ4n) is 4.22. The van der Waals surface area contributed by atoms with Gasteiger partial charge in [0.05, 0.1) is 11.3 Å². The maximum Gasteiger partial charge on any atom is 0.254 e. The lowest BCUT2D eigenvalue weighted by molar-refractivity contribution is 0.0949. The first-order valence-electron chi connectivity index (χ1n) is 11.1. The topological polar surface area (TPSA) is 58.1 Å². The summed E-state index contributed by atoms with van der Waals surface area (Å²) in [6, 6.07) is 14.6. The minimum atomic E-state index is -0.292. The van der Waals surface area contributed by atoms with Crippen LogP contribution in [-0.4, -0.2) is 33.9 Å². The second-order valence-corrected chi connectivity index (χ2v) is 8.54. The van der Waals surface area contributed by atoms with Crippen LogP contribution in [0.25, 0.3) is 0 Å². The number of carbonyl (C=O) groups excluding carboxylic acids is 1. The predicted octanol–water partition coefficient (Wildman–Crippen LogP) is 4.54. The largest absolute Gasteiger partial charge is 0.348 e. The van der Waals surface area contributed by atoms with Crippen LogP contribution in [0.2, 0.25) is 0 Å². The van der Waals surface area contributed by atoms with Crippen LogP contribution in [0.1, 0.15) is 57.3 Å². The third kappa shape index (κ3) is 5.37. The van der Waals surface area contributed by atoms with Gasteiger partial charge >= 0.3 is 0 Å². The van der Waals surface area contributed by atoms with Crippen LogP contribution in [-0.2, 0) is 13.1 Å². The number of aryl methyl sites for hydroxylation is 2. The van der Waals surface area contributed by atoms with E-state index in [0.29, 0.717) is 17.8 Å². The molecule has 1 aliphatic heterocycles. The van der Waals surface area contributed by atoms with Crippen molar-refractivity contribution < 1.29 is 9.18 Å². The Morgan fingerprint density at radius 2 is 1.94 bits per heavy atom. The highest BCUT2D eigenvalue weighted by molar-refractivity contribution is 5.94. The molecule has 1 aromatic heterocycles. The Morgan fingerprint density at radius 3 is 2.69 bits per heavy atom. The number of halogens is 1. The van der Waals surface area contributed by atoms with Crippen LogP contribution < -0.4 is 5.32 Å². The summed E-state index contributed by atoms with van der Waals surface area (Å²) in [6.45, 7) is 7.27. The molecule has 166 valence electrons. The van der Waals surface area contributed by atoms with E-state index in [-0.39, 0.29) is 17.6 Å². The number of nitrogens with zero attached hydrogens (tertiary/aromatic N) is 3. The average Bonchev–Trinajstić information content (AvgIpc) is 2.80. The highest BCUT2D eigenvalue weighted by Crippen LogP contribution is 2.26. The molecule has 1 N–H and O–H groups in total. The molecule has 1 atom stereocenters. The van der Waals surface area contributed by atoms with E-state index in [4.69, 9.17) is 4.98 Å². The van der Waals surface area contributed by atoms with Gasteiger partial charge in [-0.1, -0.05) is 36.4 Å². The lowest BCUT2D eigenvalue weighted by atomic mass is 9.96. The van der Waals surface area contributed by atoms with E-state index in [2.05, 4.69) is 46.4 Å². The first-order chi connectivity index (χ1) is 15.5. The normalized spacial score (nSPS) is 16.7. The Morgan fingerprint density at radius 1 is 1.16 bits per heavy atom. The first kappa shape index (κ1) is 22.1. The van der Waals surface area contributed by atoms with Crippen molar-refractivity contribution in [2.24, 2.45) is 0 Å². The Bertz CT molecular complexity index is 1080. The summed E-state index contributed by atoms with van der Waals surface area (Å²) in [5.74, 6) is 0.568. The zero-order chi connectivity index (χ0) is 22.5. The fourth-order valence-corrected chi connectivity index (χ4v) is 4.22. The molecule has 1 amide bonds. The maximum absolute atomic E-state index is 13.0. The number of hydrogen-bond donors (Lipinski definition) is 1. The lowest BCUT2D eigenvalue weighted by Crippen LogP contribution is -2.35. The van der Waals surface area contributed by atoms with Gasteiger partial charge in [-0.2, -0.15) is 0 Å². The van der Waals surface area contributed by atoms with Gasteiger partial charge in [-0.25, -0.2) is 14.4 Å². The van der Waals surface area contributed by atoms with Crippen molar-refractivity contribution in [2.75, 3.05) is 13.1 Å². The van der Waals surface area contributed by atoms with Crippen LogP contribution in [0, 0.1) is 19.7 Å². The van der Waals surface area contributed by atoms with Gasteiger partial charge in [0.25, 0.3) is 5.91 Å². The van der Waals surface area contributed by atoms with E-state index in [1.807, 2.05) is 6.92 Å². The SMILES string of the molecule is Cc1ccccc1CN1CCC[C@@H](c2ncc(C(=O)NCc3ccc(F)cc3)c(C)n2)C1. The van der Waals surface area contributed by atoms with Gasteiger partial charge in [0.2, 0.25) is 0 Å². The molecule has 0 spiro atoms. The zero-order valence-electron chi connectivity index (χ0n) is 18.6. The van der Waals surface area contributed by atoms with Crippen LogP contribution >= 0.6 is 0 Å². The van der Waals surface area contributed by atoms with Crippen molar-refractivity contribution in [1.82, 2.24) is 20.2 Å². The van der Waals surface area contributed by atoms with Crippen LogP contribution in [0.5, 0.6) is 0 Å². The van der Waals surface area contributed by atoms with Gasteiger partial charge in [-0.05, 0) is 62.1 Å². The maximum atomic E-state index is 13.0. The molecule has 2 aromatic carbocycles. The minimum Gasteiger partial charge on any atom is -0.348 e. The Kier molecular flexibility index (Phi) is 6.90. The van der Waals surface area contributed by atoms with Crippen LogP contribution in [0.15, 0.2) is 54.7 Å². The number of aromatic nitrogens is 2. The van der Waals surface area contributed by atoms with E-state index in [9.17, 15) is 9.18 Å². The van der Waals surface area contributed by atoms with E-state index in [1.54, 1.807) is 18.3 Å². The number of likely N-dealkylation sites (tertiary alicyclic amines) is 1. The number of benzene rings is 2. The van der Waals surface area contributed by atoms with E-state index in [1.165, 1.54) is 23.3 Å². The molecular weight excluding hydrogens is 403 g/mol. The Labute approximate surface area is 188 Å². The van der Waals surface area contributed by atoms with Gasteiger partial charge < -0.3 is 5.32 Å². The number of piperidine rings is 1. The summed E-state index contributed by atoms with van der Waals surface area (Å²) >= 11 is 0.